The lowest BCUT2D eigenvalue weighted by atomic mass is 10.0. The highest BCUT2D eigenvalue weighted by Crippen LogP contribution is 2.34. The zero-order chi connectivity index (χ0) is 10.1. The van der Waals surface area contributed by atoms with Gasteiger partial charge < -0.3 is 9.84 Å². The van der Waals surface area contributed by atoms with Gasteiger partial charge in [-0.2, -0.15) is 0 Å². The van der Waals surface area contributed by atoms with Crippen molar-refractivity contribution in [2.75, 3.05) is 0 Å². The van der Waals surface area contributed by atoms with E-state index in [-0.39, 0.29) is 12.5 Å². The highest BCUT2D eigenvalue weighted by molar-refractivity contribution is 6.30. The average molecular weight is 213 g/mol. The molecule has 0 bridgehead atoms. The number of hydrogen-bond donors (Lipinski definition) is 1. The van der Waals surface area contributed by atoms with E-state index in [2.05, 4.69) is 0 Å². The van der Waals surface area contributed by atoms with Crippen LogP contribution in [0.2, 0.25) is 5.02 Å². The van der Waals surface area contributed by atoms with Crippen LogP contribution >= 0.6 is 11.6 Å². The lowest BCUT2D eigenvalue weighted by molar-refractivity contribution is -0.140. The van der Waals surface area contributed by atoms with Gasteiger partial charge in [0.25, 0.3) is 0 Å². The van der Waals surface area contributed by atoms with Crippen molar-refractivity contribution in [3.05, 3.63) is 34.3 Å². The molecule has 1 N–H and O–H groups in total. The first-order valence-corrected chi connectivity index (χ1v) is 4.66. The van der Waals surface area contributed by atoms with E-state index in [1.54, 1.807) is 6.07 Å². The fourth-order valence-corrected chi connectivity index (χ4v) is 1.82. The summed E-state index contributed by atoms with van der Waals surface area (Å²) in [6, 6.07) is 5.40. The summed E-state index contributed by atoms with van der Waals surface area (Å²) in [6.45, 7) is 0.452. The lowest BCUT2D eigenvalue weighted by Gasteiger charge is -2.07. The highest BCUT2D eigenvalue weighted by Gasteiger charge is 2.25. The number of hydrogen-bond acceptors (Lipinski definition) is 2. The van der Waals surface area contributed by atoms with E-state index < -0.39 is 5.97 Å². The van der Waals surface area contributed by atoms with E-state index in [1.807, 2.05) is 12.1 Å². The maximum absolute atomic E-state index is 10.5. The van der Waals surface area contributed by atoms with E-state index >= 15 is 0 Å². The molecule has 1 aromatic rings. The van der Waals surface area contributed by atoms with Gasteiger partial charge in [-0.05, 0) is 23.3 Å². The van der Waals surface area contributed by atoms with Gasteiger partial charge in [0.05, 0.1) is 19.1 Å². The van der Waals surface area contributed by atoms with Crippen LogP contribution in [0.4, 0.5) is 0 Å². The molecule has 1 aliphatic rings. The Bertz CT molecular complexity index is 376. The molecule has 1 atom stereocenters. The summed E-state index contributed by atoms with van der Waals surface area (Å²) in [6.07, 6.45) is -0.311. The van der Waals surface area contributed by atoms with Crippen LogP contribution in [0.5, 0.6) is 0 Å². The van der Waals surface area contributed by atoms with E-state index in [1.165, 1.54) is 0 Å². The summed E-state index contributed by atoms with van der Waals surface area (Å²) in [5, 5.41) is 9.30. The van der Waals surface area contributed by atoms with Crippen molar-refractivity contribution in [1.82, 2.24) is 0 Å². The Labute approximate surface area is 86.3 Å². The summed E-state index contributed by atoms with van der Waals surface area (Å²) in [7, 11) is 0. The van der Waals surface area contributed by atoms with Crippen molar-refractivity contribution in [2.45, 2.75) is 19.1 Å². The number of fused-ring (bicyclic) bond motifs is 1. The molecule has 0 aliphatic carbocycles. The molecule has 0 saturated heterocycles. The number of benzene rings is 1. The van der Waals surface area contributed by atoms with Gasteiger partial charge in [0, 0.05) is 5.02 Å². The zero-order valence-corrected chi connectivity index (χ0v) is 8.12. The number of carbonyl (C=O) groups is 1. The van der Waals surface area contributed by atoms with E-state index in [0.29, 0.717) is 11.6 Å². The maximum Gasteiger partial charge on any atom is 0.306 e. The first kappa shape index (κ1) is 9.49. The standard InChI is InChI=1S/C10H9ClO3/c11-7-1-2-8-6(3-7)5-14-9(8)4-10(12)13/h1-3,9H,4-5H2,(H,12,13). The number of aliphatic carboxylic acids is 1. The molecular formula is C10H9ClO3. The topological polar surface area (TPSA) is 46.5 Å². The van der Waals surface area contributed by atoms with Crippen LogP contribution in [-0.2, 0) is 16.1 Å². The fraction of sp³-hybridized carbons (Fsp3) is 0.300. The van der Waals surface area contributed by atoms with Gasteiger partial charge >= 0.3 is 5.97 Å². The van der Waals surface area contributed by atoms with Crippen molar-refractivity contribution in [1.29, 1.82) is 0 Å². The predicted molar refractivity (Wildman–Crippen MR) is 51.2 cm³/mol. The monoisotopic (exact) mass is 212 g/mol. The quantitative estimate of drug-likeness (QED) is 0.819. The second-order valence-corrected chi connectivity index (χ2v) is 3.68. The van der Waals surface area contributed by atoms with Gasteiger partial charge in [-0.25, -0.2) is 0 Å². The smallest absolute Gasteiger partial charge is 0.306 e. The zero-order valence-electron chi connectivity index (χ0n) is 7.37. The molecular weight excluding hydrogens is 204 g/mol. The Kier molecular flexibility index (Phi) is 2.44. The fourth-order valence-electron chi connectivity index (χ4n) is 1.62. The Morgan fingerprint density at radius 2 is 2.43 bits per heavy atom. The number of carboxylic acids is 1. The molecule has 74 valence electrons. The minimum absolute atomic E-state index is 0.00856. The Morgan fingerprint density at radius 1 is 1.64 bits per heavy atom. The van der Waals surface area contributed by atoms with Crippen LogP contribution in [0.15, 0.2) is 18.2 Å². The molecule has 4 heteroatoms. The third-order valence-electron chi connectivity index (χ3n) is 2.25. The first-order valence-electron chi connectivity index (χ1n) is 4.28. The minimum Gasteiger partial charge on any atom is -0.481 e. The molecule has 1 aromatic carbocycles. The van der Waals surface area contributed by atoms with Gasteiger partial charge in [0.15, 0.2) is 0 Å². The minimum atomic E-state index is -0.849. The number of ether oxygens (including phenoxy) is 1. The third kappa shape index (κ3) is 1.74. The van der Waals surface area contributed by atoms with Gasteiger partial charge in [-0.15, -0.1) is 0 Å². The molecule has 0 saturated carbocycles. The van der Waals surface area contributed by atoms with Gasteiger partial charge in [0.2, 0.25) is 0 Å². The second kappa shape index (κ2) is 3.59. The van der Waals surface area contributed by atoms with Crippen molar-refractivity contribution in [3.8, 4) is 0 Å². The SMILES string of the molecule is O=C(O)CC1OCc2cc(Cl)ccc21. The van der Waals surface area contributed by atoms with Crippen LogP contribution < -0.4 is 0 Å². The van der Waals surface area contributed by atoms with Crippen molar-refractivity contribution in [2.24, 2.45) is 0 Å². The molecule has 0 radical (unpaired) electrons. The summed E-state index contributed by atoms with van der Waals surface area (Å²) >= 11 is 5.80. The first-order chi connectivity index (χ1) is 6.66. The average Bonchev–Trinajstić information content (AvgIpc) is 2.47. The van der Waals surface area contributed by atoms with Crippen LogP contribution in [0.1, 0.15) is 23.7 Å². The second-order valence-electron chi connectivity index (χ2n) is 3.24. The van der Waals surface area contributed by atoms with Gasteiger partial charge in [-0.3, -0.25) is 4.79 Å². The maximum atomic E-state index is 10.5. The predicted octanol–water partition coefficient (Wildman–Crippen LogP) is 2.39. The molecule has 1 aliphatic heterocycles. The van der Waals surface area contributed by atoms with Crippen LogP contribution in [0, 0.1) is 0 Å². The normalized spacial score (nSPS) is 19.4. The Balaban J connectivity index is 2.26. The summed E-state index contributed by atoms with van der Waals surface area (Å²) < 4.78 is 5.35. The molecule has 0 fully saturated rings. The van der Waals surface area contributed by atoms with Crippen molar-refractivity contribution < 1.29 is 14.6 Å². The number of rotatable bonds is 2. The van der Waals surface area contributed by atoms with Crippen molar-refractivity contribution in [3.63, 3.8) is 0 Å². The van der Waals surface area contributed by atoms with E-state index in [0.717, 1.165) is 11.1 Å². The lowest BCUT2D eigenvalue weighted by Crippen LogP contribution is -2.04. The molecule has 14 heavy (non-hydrogen) atoms. The van der Waals surface area contributed by atoms with Gasteiger partial charge in [0.1, 0.15) is 0 Å². The molecule has 0 aromatic heterocycles. The van der Waals surface area contributed by atoms with Crippen LogP contribution in [0.3, 0.4) is 0 Å². The van der Waals surface area contributed by atoms with E-state index in [9.17, 15) is 4.79 Å². The molecule has 3 nitrogen and oxygen atoms in total. The molecule has 1 heterocycles. The largest absolute Gasteiger partial charge is 0.481 e. The summed E-state index contributed by atoms with van der Waals surface area (Å²) in [5.41, 5.74) is 1.93. The van der Waals surface area contributed by atoms with Crippen LogP contribution in [-0.4, -0.2) is 11.1 Å². The Hall–Kier alpha value is -1.06. The van der Waals surface area contributed by atoms with E-state index in [4.69, 9.17) is 21.4 Å². The molecule has 0 amide bonds. The number of halogens is 1. The summed E-state index contributed by atoms with van der Waals surface area (Å²) in [5.74, 6) is -0.849. The summed E-state index contributed by atoms with van der Waals surface area (Å²) in [4.78, 5) is 10.5. The molecule has 1 unspecified atom stereocenters. The van der Waals surface area contributed by atoms with Crippen molar-refractivity contribution >= 4 is 17.6 Å². The van der Waals surface area contributed by atoms with Gasteiger partial charge in [-0.1, -0.05) is 17.7 Å². The third-order valence-corrected chi connectivity index (χ3v) is 2.49. The highest BCUT2D eigenvalue weighted by atomic mass is 35.5. The Morgan fingerprint density at radius 3 is 3.14 bits per heavy atom. The molecule has 0 spiro atoms. The number of carboxylic acid groups (broad SMARTS) is 1. The molecule has 2 rings (SSSR count). The van der Waals surface area contributed by atoms with Crippen LogP contribution in [0.25, 0.3) is 0 Å².